The molecule has 0 spiro atoms. The molecule has 1 aliphatic rings. The van der Waals surface area contributed by atoms with Crippen LogP contribution < -0.4 is 9.64 Å². The van der Waals surface area contributed by atoms with Gasteiger partial charge < -0.3 is 19.1 Å². The largest absolute Gasteiger partial charge is 0.480 e. The van der Waals surface area contributed by atoms with Crippen molar-refractivity contribution >= 4 is 46.7 Å². The van der Waals surface area contributed by atoms with Crippen molar-refractivity contribution in [1.29, 1.82) is 0 Å². The fraction of sp³-hybridized carbons (Fsp3) is 0.333. The van der Waals surface area contributed by atoms with Gasteiger partial charge in [-0.2, -0.15) is 0 Å². The molecule has 1 heterocycles. The molecule has 0 saturated carbocycles. The van der Waals surface area contributed by atoms with E-state index >= 15 is 4.39 Å². The normalized spacial score (nSPS) is 13.3. The standard InChI is InChI=1S/C24H23Cl2FN2O6/c1-33-22(30)13-35-20-10-19(18(27)9-17(20)25)29(12-14-7-8-21(26)28-11-14)23(31)15-5-3-4-6-16(15)24(32)34-2/h7-11H,3-6,12-13H2,1-2H3. The summed E-state index contributed by atoms with van der Waals surface area (Å²) in [5.41, 5.74) is 0.914. The number of methoxy groups -OCH3 is 2. The minimum Gasteiger partial charge on any atom is -0.480 e. The fourth-order valence-electron chi connectivity index (χ4n) is 3.63. The second-order valence-electron chi connectivity index (χ2n) is 7.64. The van der Waals surface area contributed by atoms with Gasteiger partial charge in [-0.25, -0.2) is 19.0 Å². The Morgan fingerprint density at radius 3 is 2.40 bits per heavy atom. The molecule has 0 unspecified atom stereocenters. The van der Waals surface area contributed by atoms with E-state index in [9.17, 15) is 14.4 Å². The molecule has 0 saturated heterocycles. The number of halogens is 3. The number of anilines is 1. The Balaban J connectivity index is 2.09. The molecule has 35 heavy (non-hydrogen) atoms. The van der Waals surface area contributed by atoms with Crippen LogP contribution in [0.1, 0.15) is 31.2 Å². The van der Waals surface area contributed by atoms with Crippen molar-refractivity contribution in [3.8, 4) is 5.75 Å². The van der Waals surface area contributed by atoms with Crippen LogP contribution in [-0.2, 0) is 30.4 Å². The second kappa shape index (κ2) is 12.0. The first-order valence-electron chi connectivity index (χ1n) is 10.7. The van der Waals surface area contributed by atoms with Crippen molar-refractivity contribution in [2.24, 2.45) is 0 Å². The Labute approximate surface area is 211 Å². The fourth-order valence-corrected chi connectivity index (χ4v) is 3.95. The number of hydrogen-bond acceptors (Lipinski definition) is 7. The summed E-state index contributed by atoms with van der Waals surface area (Å²) in [6, 6.07) is 5.40. The third-order valence-corrected chi connectivity index (χ3v) is 5.92. The molecule has 11 heteroatoms. The lowest BCUT2D eigenvalue weighted by molar-refractivity contribution is -0.143. The number of carbonyl (C=O) groups is 3. The molecule has 3 rings (SSSR count). The number of rotatable bonds is 8. The third-order valence-electron chi connectivity index (χ3n) is 5.40. The predicted molar refractivity (Wildman–Crippen MR) is 127 cm³/mol. The number of pyridine rings is 1. The highest BCUT2D eigenvalue weighted by Crippen LogP contribution is 2.36. The summed E-state index contributed by atoms with van der Waals surface area (Å²) in [4.78, 5) is 42.8. The molecule has 1 aromatic heterocycles. The Morgan fingerprint density at radius 1 is 1.06 bits per heavy atom. The van der Waals surface area contributed by atoms with Gasteiger partial charge in [-0.15, -0.1) is 0 Å². The van der Waals surface area contributed by atoms with Crippen molar-refractivity contribution in [3.05, 3.63) is 63.2 Å². The van der Waals surface area contributed by atoms with Crippen molar-refractivity contribution in [3.63, 3.8) is 0 Å². The van der Waals surface area contributed by atoms with Gasteiger partial charge in [0, 0.05) is 23.4 Å². The topological polar surface area (TPSA) is 95.0 Å². The minimum absolute atomic E-state index is 0.0219. The van der Waals surface area contributed by atoms with E-state index in [-0.39, 0.29) is 39.3 Å². The van der Waals surface area contributed by atoms with Gasteiger partial charge in [-0.1, -0.05) is 29.3 Å². The molecule has 0 N–H and O–H groups in total. The summed E-state index contributed by atoms with van der Waals surface area (Å²) < 4.78 is 30.0. The van der Waals surface area contributed by atoms with Crippen LogP contribution in [0.25, 0.3) is 0 Å². The Bertz CT molecular complexity index is 1150. The molecule has 0 atom stereocenters. The summed E-state index contributed by atoms with van der Waals surface area (Å²) in [5, 5.41) is 0.161. The maximum Gasteiger partial charge on any atom is 0.343 e. The van der Waals surface area contributed by atoms with Gasteiger partial charge in [-0.3, -0.25) is 4.79 Å². The maximum absolute atomic E-state index is 15.2. The van der Waals surface area contributed by atoms with Crippen LogP contribution in [0.4, 0.5) is 10.1 Å². The van der Waals surface area contributed by atoms with Gasteiger partial charge in [0.05, 0.1) is 31.5 Å². The van der Waals surface area contributed by atoms with Crippen LogP contribution in [0.2, 0.25) is 10.2 Å². The van der Waals surface area contributed by atoms with Gasteiger partial charge >= 0.3 is 11.9 Å². The molecule has 0 fully saturated rings. The number of benzene rings is 1. The van der Waals surface area contributed by atoms with Crippen LogP contribution in [0.5, 0.6) is 5.75 Å². The summed E-state index contributed by atoms with van der Waals surface area (Å²) in [5.74, 6) is -2.65. The Hall–Kier alpha value is -3.17. The average molecular weight is 525 g/mol. The first-order chi connectivity index (χ1) is 16.7. The van der Waals surface area contributed by atoms with E-state index in [0.29, 0.717) is 24.8 Å². The van der Waals surface area contributed by atoms with Gasteiger partial charge in [0.25, 0.3) is 5.91 Å². The van der Waals surface area contributed by atoms with Crippen LogP contribution in [0, 0.1) is 5.82 Å². The number of esters is 2. The second-order valence-corrected chi connectivity index (χ2v) is 8.43. The molecular formula is C24H23Cl2FN2O6. The first-order valence-corrected chi connectivity index (χ1v) is 11.4. The number of aromatic nitrogens is 1. The third kappa shape index (κ3) is 6.49. The Kier molecular flexibility index (Phi) is 9.06. The number of amides is 1. The van der Waals surface area contributed by atoms with E-state index in [2.05, 4.69) is 9.72 Å². The molecule has 1 aliphatic carbocycles. The highest BCUT2D eigenvalue weighted by Gasteiger charge is 2.30. The van der Waals surface area contributed by atoms with Gasteiger partial charge in [0.1, 0.15) is 16.7 Å². The van der Waals surface area contributed by atoms with E-state index in [4.69, 9.17) is 32.7 Å². The van der Waals surface area contributed by atoms with Gasteiger partial charge in [-0.05, 0) is 43.4 Å². The van der Waals surface area contributed by atoms with Crippen LogP contribution in [-0.4, -0.2) is 43.7 Å². The molecule has 0 radical (unpaired) electrons. The molecule has 0 aliphatic heterocycles. The number of ether oxygens (including phenoxy) is 3. The van der Waals surface area contributed by atoms with E-state index in [1.165, 1.54) is 31.4 Å². The zero-order valence-corrected chi connectivity index (χ0v) is 20.6. The lowest BCUT2D eigenvalue weighted by Gasteiger charge is -2.28. The van der Waals surface area contributed by atoms with Crippen molar-refractivity contribution in [2.45, 2.75) is 32.2 Å². The quantitative estimate of drug-likeness (QED) is 0.366. The van der Waals surface area contributed by atoms with E-state index < -0.39 is 30.3 Å². The smallest absolute Gasteiger partial charge is 0.343 e. The molecule has 1 aromatic carbocycles. The number of hydrogen-bond donors (Lipinski definition) is 0. The summed E-state index contributed by atoms with van der Waals surface area (Å²) in [6.45, 7) is -0.552. The lowest BCUT2D eigenvalue weighted by atomic mass is 9.90. The van der Waals surface area contributed by atoms with Crippen molar-refractivity contribution in [2.75, 3.05) is 25.7 Å². The summed E-state index contributed by atoms with van der Waals surface area (Å²) in [7, 11) is 2.44. The monoisotopic (exact) mass is 524 g/mol. The van der Waals surface area contributed by atoms with Crippen molar-refractivity contribution in [1.82, 2.24) is 4.98 Å². The minimum atomic E-state index is -0.799. The summed E-state index contributed by atoms with van der Waals surface area (Å²) in [6.07, 6.45) is 3.58. The van der Waals surface area contributed by atoms with E-state index in [1.807, 2.05) is 0 Å². The highest BCUT2D eigenvalue weighted by molar-refractivity contribution is 6.32. The molecule has 186 valence electrons. The van der Waals surface area contributed by atoms with E-state index in [0.717, 1.165) is 12.5 Å². The lowest BCUT2D eigenvalue weighted by Crippen LogP contribution is -2.34. The average Bonchev–Trinajstić information content (AvgIpc) is 2.87. The van der Waals surface area contributed by atoms with Gasteiger partial charge in [0.15, 0.2) is 6.61 Å². The number of nitrogens with zero attached hydrogens (tertiary/aromatic N) is 2. The zero-order chi connectivity index (χ0) is 25.5. The van der Waals surface area contributed by atoms with Crippen LogP contribution >= 0.6 is 23.2 Å². The predicted octanol–water partition coefficient (Wildman–Crippen LogP) is 4.66. The maximum atomic E-state index is 15.2. The molecule has 8 nitrogen and oxygen atoms in total. The highest BCUT2D eigenvalue weighted by atomic mass is 35.5. The molecular weight excluding hydrogens is 502 g/mol. The van der Waals surface area contributed by atoms with Crippen LogP contribution in [0.3, 0.4) is 0 Å². The Morgan fingerprint density at radius 2 is 1.77 bits per heavy atom. The molecule has 0 bridgehead atoms. The van der Waals surface area contributed by atoms with Crippen molar-refractivity contribution < 1.29 is 33.0 Å². The van der Waals surface area contributed by atoms with Crippen LogP contribution in [0.15, 0.2) is 41.6 Å². The molecule has 2 aromatic rings. The zero-order valence-electron chi connectivity index (χ0n) is 19.1. The molecule has 1 amide bonds. The SMILES string of the molecule is COC(=O)COc1cc(N(Cc2ccc(Cl)nc2)C(=O)C2=C(C(=O)OC)CCCC2)c(F)cc1Cl. The number of carbonyl (C=O) groups excluding carboxylic acids is 3. The van der Waals surface area contributed by atoms with E-state index in [1.54, 1.807) is 12.1 Å². The summed E-state index contributed by atoms with van der Waals surface area (Å²) >= 11 is 12.0. The van der Waals surface area contributed by atoms with Gasteiger partial charge in [0.2, 0.25) is 0 Å². The first kappa shape index (κ1) is 26.4.